The Bertz CT molecular complexity index is 988. The smallest absolute Gasteiger partial charge is 0.396 e. The van der Waals surface area contributed by atoms with E-state index in [1.54, 1.807) is 31.5 Å². The molecule has 10 heteroatoms. The number of aliphatic imine (C=N–C) groups is 1. The summed E-state index contributed by atoms with van der Waals surface area (Å²) in [6.45, 7) is 3.08. The van der Waals surface area contributed by atoms with Crippen molar-refractivity contribution in [2.45, 2.75) is 12.6 Å². The van der Waals surface area contributed by atoms with Crippen LogP contribution in [0.15, 0.2) is 35.0 Å². The maximum absolute atomic E-state index is 13.6. The van der Waals surface area contributed by atoms with Crippen molar-refractivity contribution in [2.75, 3.05) is 33.0 Å². The predicted octanol–water partition coefficient (Wildman–Crippen LogP) is 2.62. The van der Waals surface area contributed by atoms with Gasteiger partial charge in [-0.25, -0.2) is 4.99 Å². The van der Waals surface area contributed by atoms with Crippen molar-refractivity contribution in [3.05, 3.63) is 35.5 Å². The number of alkyl halides is 3. The molecule has 0 atom stereocenters. The average Bonchev–Trinajstić information content (AvgIpc) is 3.04. The van der Waals surface area contributed by atoms with Crippen LogP contribution in [0.3, 0.4) is 0 Å². The van der Waals surface area contributed by atoms with Crippen LogP contribution in [0.1, 0.15) is 12.0 Å². The van der Waals surface area contributed by atoms with E-state index in [4.69, 9.17) is 5.11 Å². The van der Waals surface area contributed by atoms with Gasteiger partial charge in [-0.3, -0.25) is 0 Å². The number of rotatable bonds is 5. The van der Waals surface area contributed by atoms with Crippen LogP contribution >= 0.6 is 7.14 Å². The number of fused-ring (bicyclic) bond motifs is 1. The van der Waals surface area contributed by atoms with E-state index >= 15 is 0 Å². The van der Waals surface area contributed by atoms with Gasteiger partial charge in [-0.15, -0.1) is 0 Å². The van der Waals surface area contributed by atoms with Crippen molar-refractivity contribution in [3.63, 3.8) is 0 Å². The maximum Gasteiger partial charge on any atom is 0.416 e. The monoisotopic (exact) mass is 414 g/mol. The third kappa shape index (κ3) is 4.10. The number of nitrogens with zero attached hydrogens (tertiary/aromatic N) is 1. The summed E-state index contributed by atoms with van der Waals surface area (Å²) in [6, 6.07) is 5.12. The lowest BCUT2D eigenvalue weighted by Gasteiger charge is -2.24. The van der Waals surface area contributed by atoms with Crippen molar-refractivity contribution in [2.24, 2.45) is 4.99 Å². The van der Waals surface area contributed by atoms with Crippen molar-refractivity contribution < 1.29 is 22.8 Å². The second-order valence-corrected chi connectivity index (χ2v) is 10.1. The molecule has 0 spiro atoms. The minimum Gasteiger partial charge on any atom is -0.396 e. The third-order valence-corrected chi connectivity index (χ3v) is 5.99. The Morgan fingerprint density at radius 3 is 2.71 bits per heavy atom. The molecule has 1 aromatic heterocycles. The van der Waals surface area contributed by atoms with Gasteiger partial charge >= 0.3 is 6.18 Å². The molecule has 0 aliphatic carbocycles. The SMILES string of the molecule is CP(C)(=O)c1cccc2c(C3=C(C(F)(F)F)CN=C(NCCCO)N3)c[nH]c12. The molecule has 0 bridgehead atoms. The Morgan fingerprint density at radius 1 is 1.32 bits per heavy atom. The number of hydrogen-bond donors (Lipinski definition) is 4. The Hall–Kier alpha value is -2.25. The fraction of sp³-hybridized carbons (Fsp3) is 0.389. The van der Waals surface area contributed by atoms with Gasteiger partial charge in [0.2, 0.25) is 0 Å². The van der Waals surface area contributed by atoms with Crippen molar-refractivity contribution in [3.8, 4) is 0 Å². The van der Waals surface area contributed by atoms with Gasteiger partial charge in [0.05, 0.1) is 23.3 Å². The Morgan fingerprint density at radius 2 is 2.07 bits per heavy atom. The molecule has 0 saturated carbocycles. The van der Waals surface area contributed by atoms with E-state index in [0.29, 0.717) is 34.7 Å². The van der Waals surface area contributed by atoms with Crippen LogP contribution in [0.4, 0.5) is 13.2 Å². The molecule has 3 rings (SSSR count). The first kappa shape index (κ1) is 20.5. The van der Waals surface area contributed by atoms with Gasteiger partial charge in [0.25, 0.3) is 0 Å². The number of halogens is 3. The van der Waals surface area contributed by atoms with E-state index in [1.165, 1.54) is 6.20 Å². The first-order valence-corrected chi connectivity index (χ1v) is 11.4. The van der Waals surface area contributed by atoms with E-state index in [9.17, 15) is 17.7 Å². The molecule has 1 aliphatic rings. The lowest BCUT2D eigenvalue weighted by Crippen LogP contribution is -2.41. The van der Waals surface area contributed by atoms with Crippen LogP contribution in [0.5, 0.6) is 0 Å². The summed E-state index contributed by atoms with van der Waals surface area (Å²) in [4.78, 5) is 6.92. The third-order valence-electron chi connectivity index (χ3n) is 4.45. The minimum absolute atomic E-state index is 0.0317. The summed E-state index contributed by atoms with van der Waals surface area (Å²) < 4.78 is 53.4. The van der Waals surface area contributed by atoms with Gasteiger partial charge in [-0.2, -0.15) is 13.2 Å². The highest BCUT2D eigenvalue weighted by Crippen LogP contribution is 2.40. The largest absolute Gasteiger partial charge is 0.416 e. The van der Waals surface area contributed by atoms with E-state index in [0.717, 1.165) is 0 Å². The number of aromatic amines is 1. The van der Waals surface area contributed by atoms with E-state index in [2.05, 4.69) is 20.6 Å². The Kier molecular flexibility index (Phi) is 5.59. The average molecular weight is 414 g/mol. The number of aliphatic hydroxyl groups is 1. The quantitative estimate of drug-likeness (QED) is 0.447. The molecule has 0 unspecified atom stereocenters. The number of benzene rings is 1. The molecular formula is C18H22F3N4O2P. The number of hydrogen-bond acceptors (Lipinski definition) is 5. The van der Waals surface area contributed by atoms with E-state index in [-0.39, 0.29) is 18.3 Å². The molecule has 2 aromatic rings. The van der Waals surface area contributed by atoms with Gasteiger partial charge in [0.1, 0.15) is 7.14 Å². The van der Waals surface area contributed by atoms with Crippen molar-refractivity contribution >= 4 is 35.0 Å². The highest BCUT2D eigenvalue weighted by Gasteiger charge is 2.39. The highest BCUT2D eigenvalue weighted by atomic mass is 31.2. The van der Waals surface area contributed by atoms with Gasteiger partial charge in [0, 0.05) is 35.6 Å². The highest BCUT2D eigenvalue weighted by molar-refractivity contribution is 7.70. The normalized spacial score (nSPS) is 15.6. The predicted molar refractivity (Wildman–Crippen MR) is 106 cm³/mol. The topological polar surface area (TPSA) is 89.5 Å². The summed E-state index contributed by atoms with van der Waals surface area (Å²) in [7, 11) is -2.62. The van der Waals surface area contributed by atoms with Crippen LogP contribution < -0.4 is 15.9 Å². The number of para-hydroxylation sites is 1. The first-order chi connectivity index (χ1) is 13.1. The van der Waals surface area contributed by atoms with E-state index < -0.39 is 25.4 Å². The first-order valence-electron chi connectivity index (χ1n) is 8.75. The number of aliphatic hydroxyl groups excluding tert-OH is 1. The van der Waals surface area contributed by atoms with Crippen molar-refractivity contribution in [1.29, 1.82) is 0 Å². The van der Waals surface area contributed by atoms with Crippen LogP contribution in [0.2, 0.25) is 0 Å². The lowest BCUT2D eigenvalue weighted by molar-refractivity contribution is -0.0918. The van der Waals surface area contributed by atoms with Crippen LogP contribution in [-0.4, -0.2) is 55.3 Å². The molecule has 0 amide bonds. The maximum atomic E-state index is 13.6. The van der Waals surface area contributed by atoms with Crippen LogP contribution in [-0.2, 0) is 4.57 Å². The van der Waals surface area contributed by atoms with Gasteiger partial charge in [-0.05, 0) is 25.8 Å². The standard InChI is InChI=1S/C18H22F3N4O2P/c1-28(2,27)14-6-3-5-11-12(9-23-16(11)14)15-13(18(19,20)21)10-24-17(25-15)22-7-4-8-26/h3,5-6,9,23,26H,4,7-8,10H2,1-2H3,(H2,22,24,25). The second-order valence-electron chi connectivity index (χ2n) is 6.90. The fourth-order valence-corrected chi connectivity index (χ4v) is 4.28. The molecule has 0 fully saturated rings. The van der Waals surface area contributed by atoms with Crippen molar-refractivity contribution in [1.82, 2.24) is 15.6 Å². The van der Waals surface area contributed by atoms with Gasteiger partial charge < -0.3 is 25.3 Å². The lowest BCUT2D eigenvalue weighted by atomic mass is 10.0. The summed E-state index contributed by atoms with van der Waals surface area (Å²) in [5.74, 6) is 0.221. The summed E-state index contributed by atoms with van der Waals surface area (Å²) >= 11 is 0. The Balaban J connectivity index is 2.08. The number of guanidine groups is 1. The molecule has 1 aliphatic heterocycles. The van der Waals surface area contributed by atoms with Crippen LogP contribution in [0, 0.1) is 0 Å². The van der Waals surface area contributed by atoms with Gasteiger partial charge in [-0.1, -0.05) is 12.1 Å². The molecular weight excluding hydrogens is 392 g/mol. The fourth-order valence-electron chi connectivity index (χ4n) is 3.11. The zero-order valence-electron chi connectivity index (χ0n) is 15.5. The zero-order valence-corrected chi connectivity index (χ0v) is 16.4. The van der Waals surface area contributed by atoms with E-state index in [1.807, 2.05) is 0 Å². The summed E-state index contributed by atoms with van der Waals surface area (Å²) in [5, 5.41) is 15.7. The molecule has 4 N–H and O–H groups in total. The molecule has 6 nitrogen and oxygen atoms in total. The second kappa shape index (κ2) is 7.64. The number of nitrogens with one attached hydrogen (secondary N) is 3. The minimum atomic E-state index is -4.55. The molecule has 28 heavy (non-hydrogen) atoms. The molecule has 0 radical (unpaired) electrons. The molecule has 0 saturated heterocycles. The number of H-pyrrole nitrogens is 1. The summed E-state index contributed by atoms with van der Waals surface area (Å²) in [6.07, 6.45) is -2.60. The zero-order chi connectivity index (χ0) is 20.5. The number of aromatic nitrogens is 1. The summed E-state index contributed by atoms with van der Waals surface area (Å²) in [5.41, 5.74) is 0.0510. The molecule has 1 aromatic carbocycles. The van der Waals surface area contributed by atoms with Gasteiger partial charge in [0.15, 0.2) is 5.96 Å². The molecule has 152 valence electrons. The molecule has 2 heterocycles. The van der Waals surface area contributed by atoms with Crippen LogP contribution in [0.25, 0.3) is 16.6 Å². The Labute approximate surface area is 160 Å².